The number of nitrogens with one attached hydrogen (secondary N) is 3. The van der Waals surface area contributed by atoms with Gasteiger partial charge >= 0.3 is 0 Å². The molecule has 0 atom stereocenters. The predicted molar refractivity (Wildman–Crippen MR) is 83.2 cm³/mol. The first-order valence-corrected chi connectivity index (χ1v) is 7.96. The fourth-order valence-electron chi connectivity index (χ4n) is 2.40. The largest absolute Gasteiger partial charge is 0.351 e. The molecule has 1 fully saturated rings. The highest BCUT2D eigenvalue weighted by atomic mass is 35.5. The van der Waals surface area contributed by atoms with Crippen molar-refractivity contribution in [3.63, 3.8) is 0 Å². The van der Waals surface area contributed by atoms with Crippen LogP contribution in [0.15, 0.2) is 18.2 Å². The Morgan fingerprint density at radius 3 is 2.90 bits per heavy atom. The van der Waals surface area contributed by atoms with Gasteiger partial charge in [0.2, 0.25) is 0 Å². The van der Waals surface area contributed by atoms with E-state index in [1.807, 2.05) is 0 Å². The normalized spacial score (nSPS) is 15.7. The van der Waals surface area contributed by atoms with Crippen molar-refractivity contribution in [2.24, 2.45) is 5.92 Å². The monoisotopic (exact) mass is 327 g/mol. The van der Waals surface area contributed by atoms with Gasteiger partial charge in [0.15, 0.2) is 0 Å². The summed E-state index contributed by atoms with van der Waals surface area (Å²) in [7, 11) is 0. The fourth-order valence-corrected chi connectivity index (χ4v) is 3.87. The molecule has 2 aromatic rings. The van der Waals surface area contributed by atoms with Gasteiger partial charge in [0, 0.05) is 29.7 Å². The van der Waals surface area contributed by atoms with E-state index in [-0.39, 0.29) is 10.9 Å². The molecule has 0 saturated carbocycles. The van der Waals surface area contributed by atoms with Crippen LogP contribution in [0.1, 0.15) is 16.1 Å². The minimum atomic E-state index is -0.393. The third kappa shape index (κ3) is 3.03. The molecule has 2 heterocycles. The van der Waals surface area contributed by atoms with Crippen molar-refractivity contribution in [2.75, 3.05) is 19.6 Å². The van der Waals surface area contributed by atoms with Gasteiger partial charge < -0.3 is 5.32 Å². The Hall–Kier alpha value is -1.21. The summed E-state index contributed by atoms with van der Waals surface area (Å²) in [6.07, 6.45) is 0.891. The number of benzene rings is 1. The summed E-state index contributed by atoms with van der Waals surface area (Å²) in [6.45, 7) is 2.40. The van der Waals surface area contributed by atoms with Crippen molar-refractivity contribution in [3.05, 3.63) is 33.9 Å². The third-order valence-corrected chi connectivity index (χ3v) is 5.20. The Bertz CT molecular complexity index is 670. The number of rotatable bonds is 4. The standard InChI is InChI=1S/C14H15ClFN3OS/c15-12-11-9(16)2-1-3-10(11)21-13(12)14(20)17-5-4-8-6-18-19-7-8/h1-3,8,18-19H,4-7H2,(H,17,20). The number of carbonyl (C=O) groups is 1. The van der Waals surface area contributed by atoms with Gasteiger partial charge in [-0.3, -0.25) is 15.6 Å². The van der Waals surface area contributed by atoms with Crippen molar-refractivity contribution >= 4 is 38.9 Å². The molecule has 1 aliphatic rings. The molecule has 0 aliphatic carbocycles. The number of fused-ring (bicyclic) bond motifs is 1. The van der Waals surface area contributed by atoms with E-state index >= 15 is 0 Å². The Balaban J connectivity index is 1.69. The van der Waals surface area contributed by atoms with Crippen LogP contribution in [-0.4, -0.2) is 25.5 Å². The van der Waals surface area contributed by atoms with Gasteiger partial charge in [-0.15, -0.1) is 11.3 Å². The minimum absolute atomic E-state index is 0.204. The van der Waals surface area contributed by atoms with Gasteiger partial charge in [-0.25, -0.2) is 4.39 Å². The van der Waals surface area contributed by atoms with Crippen molar-refractivity contribution in [2.45, 2.75) is 6.42 Å². The maximum absolute atomic E-state index is 13.8. The van der Waals surface area contributed by atoms with Crippen LogP contribution in [0.25, 0.3) is 10.1 Å². The highest BCUT2D eigenvalue weighted by molar-refractivity contribution is 7.21. The molecule has 4 nitrogen and oxygen atoms in total. The van der Waals surface area contributed by atoms with Gasteiger partial charge in [-0.2, -0.15) is 0 Å². The van der Waals surface area contributed by atoms with Crippen molar-refractivity contribution < 1.29 is 9.18 Å². The van der Waals surface area contributed by atoms with Crippen LogP contribution in [0.5, 0.6) is 0 Å². The summed E-state index contributed by atoms with van der Waals surface area (Å²) in [5.74, 6) is -0.115. The fraction of sp³-hybridized carbons (Fsp3) is 0.357. The molecule has 1 saturated heterocycles. The number of hydrogen-bond acceptors (Lipinski definition) is 4. The Morgan fingerprint density at radius 1 is 1.43 bits per heavy atom. The van der Waals surface area contributed by atoms with Crippen molar-refractivity contribution in [3.8, 4) is 0 Å². The SMILES string of the molecule is O=C(NCCC1CNNC1)c1sc2cccc(F)c2c1Cl. The van der Waals surface area contributed by atoms with E-state index in [0.717, 1.165) is 19.5 Å². The lowest BCUT2D eigenvalue weighted by atomic mass is 10.1. The van der Waals surface area contributed by atoms with Crippen LogP contribution in [0.4, 0.5) is 4.39 Å². The summed E-state index contributed by atoms with van der Waals surface area (Å²) >= 11 is 7.37. The van der Waals surface area contributed by atoms with E-state index in [9.17, 15) is 9.18 Å². The quantitative estimate of drug-likeness (QED) is 0.809. The lowest BCUT2D eigenvalue weighted by Crippen LogP contribution is -2.26. The zero-order valence-electron chi connectivity index (χ0n) is 11.2. The molecule has 1 amide bonds. The molecule has 0 unspecified atom stereocenters. The van der Waals surface area contributed by atoms with E-state index in [4.69, 9.17) is 11.6 Å². The van der Waals surface area contributed by atoms with Crippen LogP contribution < -0.4 is 16.2 Å². The molecular weight excluding hydrogens is 313 g/mol. The molecular formula is C14H15ClFN3OS. The summed E-state index contributed by atoms with van der Waals surface area (Å²) in [4.78, 5) is 12.6. The Kier molecular flexibility index (Phi) is 4.40. The maximum atomic E-state index is 13.8. The average molecular weight is 328 g/mol. The number of hydrazine groups is 1. The first-order chi connectivity index (χ1) is 10.2. The molecule has 0 radical (unpaired) electrons. The van der Waals surface area contributed by atoms with Gasteiger partial charge in [-0.05, 0) is 24.5 Å². The molecule has 0 spiro atoms. The third-order valence-electron chi connectivity index (χ3n) is 3.56. The first kappa shape index (κ1) is 14.7. The van der Waals surface area contributed by atoms with Crippen LogP contribution in [0, 0.1) is 11.7 Å². The van der Waals surface area contributed by atoms with Crippen molar-refractivity contribution in [1.29, 1.82) is 0 Å². The number of halogens is 2. The zero-order chi connectivity index (χ0) is 14.8. The topological polar surface area (TPSA) is 53.2 Å². The molecule has 1 aromatic heterocycles. The van der Waals surface area contributed by atoms with Gasteiger partial charge in [0.05, 0.1) is 5.02 Å². The molecule has 21 heavy (non-hydrogen) atoms. The zero-order valence-corrected chi connectivity index (χ0v) is 12.8. The predicted octanol–water partition coefficient (Wildman–Crippen LogP) is 2.54. The lowest BCUT2D eigenvalue weighted by Gasteiger charge is -2.08. The molecule has 1 aromatic carbocycles. The number of hydrogen-bond donors (Lipinski definition) is 3. The molecule has 3 N–H and O–H groups in total. The second kappa shape index (κ2) is 6.27. The minimum Gasteiger partial charge on any atom is -0.351 e. The van der Waals surface area contributed by atoms with Crippen LogP contribution >= 0.6 is 22.9 Å². The molecule has 0 bridgehead atoms. The van der Waals surface area contributed by atoms with Gasteiger partial charge in [0.1, 0.15) is 10.7 Å². The molecule has 112 valence electrons. The second-order valence-corrected chi connectivity index (χ2v) is 6.46. The van der Waals surface area contributed by atoms with E-state index in [1.165, 1.54) is 17.4 Å². The van der Waals surface area contributed by atoms with Crippen LogP contribution in [0.3, 0.4) is 0 Å². The highest BCUT2D eigenvalue weighted by Crippen LogP contribution is 2.36. The number of amides is 1. The second-order valence-electron chi connectivity index (χ2n) is 5.03. The molecule has 1 aliphatic heterocycles. The number of carbonyl (C=O) groups excluding carboxylic acids is 1. The van der Waals surface area contributed by atoms with Crippen LogP contribution in [-0.2, 0) is 0 Å². The van der Waals surface area contributed by atoms with Crippen molar-refractivity contribution in [1.82, 2.24) is 16.2 Å². The maximum Gasteiger partial charge on any atom is 0.262 e. The first-order valence-electron chi connectivity index (χ1n) is 6.77. The summed E-state index contributed by atoms with van der Waals surface area (Å²) < 4.78 is 14.4. The summed E-state index contributed by atoms with van der Waals surface area (Å²) in [5.41, 5.74) is 6.10. The van der Waals surface area contributed by atoms with E-state index in [0.29, 0.717) is 27.4 Å². The van der Waals surface area contributed by atoms with Crippen LogP contribution in [0.2, 0.25) is 5.02 Å². The van der Waals surface area contributed by atoms with Gasteiger partial charge in [-0.1, -0.05) is 17.7 Å². The van der Waals surface area contributed by atoms with E-state index in [1.54, 1.807) is 12.1 Å². The number of thiophene rings is 1. The van der Waals surface area contributed by atoms with E-state index < -0.39 is 5.82 Å². The summed E-state index contributed by atoms with van der Waals surface area (Å²) in [5, 5.41) is 3.39. The van der Waals surface area contributed by atoms with Gasteiger partial charge in [0.25, 0.3) is 5.91 Å². The Morgan fingerprint density at radius 2 is 2.19 bits per heavy atom. The molecule has 7 heteroatoms. The average Bonchev–Trinajstić information content (AvgIpc) is 3.08. The Labute approximate surface area is 130 Å². The summed E-state index contributed by atoms with van der Waals surface area (Å²) in [6, 6.07) is 4.73. The smallest absolute Gasteiger partial charge is 0.262 e. The van der Waals surface area contributed by atoms with E-state index in [2.05, 4.69) is 16.2 Å². The lowest BCUT2D eigenvalue weighted by molar-refractivity contribution is 0.0956. The highest BCUT2D eigenvalue weighted by Gasteiger charge is 2.20. The molecule has 3 rings (SSSR count).